The van der Waals surface area contributed by atoms with Gasteiger partial charge in [0.1, 0.15) is 0 Å². The lowest BCUT2D eigenvalue weighted by Crippen LogP contribution is -1.85. The van der Waals surface area contributed by atoms with E-state index in [0.717, 1.165) is 29.0 Å². The van der Waals surface area contributed by atoms with Crippen LogP contribution in [0.4, 0.5) is 0 Å². The van der Waals surface area contributed by atoms with E-state index in [1.54, 1.807) is 6.08 Å². The van der Waals surface area contributed by atoms with E-state index in [-0.39, 0.29) is 0 Å². The standard InChI is InChI=1S/C13H13NO2/c1-2-9-4-3-5-11-10(6-7-12(15)16)8-14-13(9)11/h3-8,14H,2H2,1H3,(H,15,16). The van der Waals surface area contributed by atoms with E-state index >= 15 is 0 Å². The molecule has 0 unspecified atom stereocenters. The molecule has 2 N–H and O–H groups in total. The molecule has 2 rings (SSSR count). The van der Waals surface area contributed by atoms with Gasteiger partial charge in [-0.2, -0.15) is 0 Å². The predicted octanol–water partition coefficient (Wildman–Crippen LogP) is 2.83. The predicted molar refractivity (Wildman–Crippen MR) is 64.3 cm³/mol. The van der Waals surface area contributed by atoms with Gasteiger partial charge in [-0.05, 0) is 18.1 Å². The summed E-state index contributed by atoms with van der Waals surface area (Å²) in [6, 6.07) is 6.06. The molecule has 0 fully saturated rings. The molecule has 0 radical (unpaired) electrons. The number of H-pyrrole nitrogens is 1. The highest BCUT2D eigenvalue weighted by molar-refractivity contribution is 5.94. The molecule has 0 aliphatic heterocycles. The maximum Gasteiger partial charge on any atom is 0.328 e. The van der Waals surface area contributed by atoms with E-state index in [0.29, 0.717) is 0 Å². The van der Waals surface area contributed by atoms with Crippen molar-refractivity contribution in [3.63, 3.8) is 0 Å². The van der Waals surface area contributed by atoms with Crippen LogP contribution in [-0.2, 0) is 11.2 Å². The minimum absolute atomic E-state index is 0.910. The Labute approximate surface area is 93.4 Å². The number of aliphatic carboxylic acids is 1. The lowest BCUT2D eigenvalue weighted by Gasteiger charge is -1.98. The maximum atomic E-state index is 10.5. The van der Waals surface area contributed by atoms with Crippen molar-refractivity contribution >= 4 is 22.9 Å². The summed E-state index contributed by atoms with van der Waals surface area (Å²) in [5.74, 6) is -0.930. The monoisotopic (exact) mass is 215 g/mol. The largest absolute Gasteiger partial charge is 0.478 e. The number of nitrogens with one attached hydrogen (secondary N) is 1. The summed E-state index contributed by atoms with van der Waals surface area (Å²) in [6.07, 6.45) is 5.56. The molecule has 1 aromatic heterocycles. The molecule has 1 heterocycles. The number of para-hydroxylation sites is 1. The molecule has 16 heavy (non-hydrogen) atoms. The molecule has 0 atom stereocenters. The topological polar surface area (TPSA) is 53.1 Å². The van der Waals surface area contributed by atoms with Gasteiger partial charge in [0, 0.05) is 28.7 Å². The Bertz CT molecular complexity index is 552. The number of hydrogen-bond donors (Lipinski definition) is 2. The summed E-state index contributed by atoms with van der Waals surface area (Å²) >= 11 is 0. The van der Waals surface area contributed by atoms with Gasteiger partial charge in [0.25, 0.3) is 0 Å². The SMILES string of the molecule is CCc1cccc2c(C=CC(=O)O)c[nH]c12. The number of carboxylic acids is 1. The van der Waals surface area contributed by atoms with Crippen molar-refractivity contribution in [1.29, 1.82) is 0 Å². The zero-order chi connectivity index (χ0) is 11.5. The van der Waals surface area contributed by atoms with Crippen LogP contribution in [-0.4, -0.2) is 16.1 Å². The average molecular weight is 215 g/mol. The molecule has 0 amide bonds. The Hall–Kier alpha value is -2.03. The van der Waals surface area contributed by atoms with Crippen molar-refractivity contribution < 1.29 is 9.90 Å². The smallest absolute Gasteiger partial charge is 0.328 e. The molecule has 0 saturated heterocycles. The summed E-state index contributed by atoms with van der Waals surface area (Å²) in [7, 11) is 0. The third kappa shape index (κ3) is 1.84. The molecule has 0 aliphatic rings. The summed E-state index contributed by atoms with van der Waals surface area (Å²) < 4.78 is 0. The van der Waals surface area contributed by atoms with E-state index in [1.807, 2.05) is 18.3 Å². The first kappa shape index (κ1) is 10.5. The third-order valence-electron chi connectivity index (χ3n) is 2.62. The zero-order valence-electron chi connectivity index (χ0n) is 9.03. The van der Waals surface area contributed by atoms with Crippen molar-refractivity contribution in [3.8, 4) is 0 Å². The van der Waals surface area contributed by atoms with Crippen LogP contribution in [0, 0.1) is 0 Å². The van der Waals surface area contributed by atoms with Gasteiger partial charge in [-0.1, -0.05) is 25.1 Å². The molecule has 0 spiro atoms. The third-order valence-corrected chi connectivity index (χ3v) is 2.62. The minimum atomic E-state index is -0.930. The molecular formula is C13H13NO2. The molecule has 0 saturated carbocycles. The number of carboxylic acid groups (broad SMARTS) is 1. The van der Waals surface area contributed by atoms with Crippen molar-refractivity contribution in [1.82, 2.24) is 4.98 Å². The number of hydrogen-bond acceptors (Lipinski definition) is 1. The van der Waals surface area contributed by atoms with Gasteiger partial charge in [-0.3, -0.25) is 0 Å². The Balaban J connectivity index is 2.53. The van der Waals surface area contributed by atoms with Crippen molar-refractivity contribution in [2.75, 3.05) is 0 Å². The molecular weight excluding hydrogens is 202 g/mol. The number of fused-ring (bicyclic) bond motifs is 1. The highest BCUT2D eigenvalue weighted by Gasteiger charge is 2.04. The summed E-state index contributed by atoms with van der Waals surface area (Å²) in [5.41, 5.74) is 3.25. The number of aromatic nitrogens is 1. The van der Waals surface area contributed by atoms with Gasteiger partial charge in [0.2, 0.25) is 0 Å². The van der Waals surface area contributed by atoms with Crippen LogP contribution >= 0.6 is 0 Å². The van der Waals surface area contributed by atoms with Gasteiger partial charge in [-0.25, -0.2) is 4.79 Å². The van der Waals surface area contributed by atoms with Crippen LogP contribution in [0.5, 0.6) is 0 Å². The Kier molecular flexibility index (Phi) is 2.77. The fourth-order valence-corrected chi connectivity index (χ4v) is 1.83. The van der Waals surface area contributed by atoms with Gasteiger partial charge in [-0.15, -0.1) is 0 Å². The quantitative estimate of drug-likeness (QED) is 0.773. The molecule has 3 nitrogen and oxygen atoms in total. The average Bonchev–Trinajstić information content (AvgIpc) is 2.69. The van der Waals surface area contributed by atoms with Crippen LogP contribution < -0.4 is 0 Å². The number of carbonyl (C=O) groups is 1. The van der Waals surface area contributed by atoms with Crippen molar-refractivity contribution in [2.45, 2.75) is 13.3 Å². The first-order valence-corrected chi connectivity index (χ1v) is 5.22. The summed E-state index contributed by atoms with van der Waals surface area (Å²) in [5, 5.41) is 9.65. The summed E-state index contributed by atoms with van der Waals surface area (Å²) in [4.78, 5) is 13.6. The van der Waals surface area contributed by atoms with E-state index in [4.69, 9.17) is 5.11 Å². The van der Waals surface area contributed by atoms with Crippen LogP contribution in [0.15, 0.2) is 30.5 Å². The van der Waals surface area contributed by atoms with E-state index < -0.39 is 5.97 Å². The second-order valence-electron chi connectivity index (χ2n) is 3.61. The second kappa shape index (κ2) is 4.23. The lowest BCUT2D eigenvalue weighted by molar-refractivity contribution is -0.131. The Morgan fingerprint density at radius 2 is 2.31 bits per heavy atom. The second-order valence-corrected chi connectivity index (χ2v) is 3.61. The van der Waals surface area contributed by atoms with Crippen LogP contribution in [0.2, 0.25) is 0 Å². The Morgan fingerprint density at radius 1 is 1.50 bits per heavy atom. The van der Waals surface area contributed by atoms with Gasteiger partial charge in [0.15, 0.2) is 0 Å². The summed E-state index contributed by atoms with van der Waals surface area (Å²) in [6.45, 7) is 2.10. The zero-order valence-corrected chi connectivity index (χ0v) is 9.03. The normalized spacial score (nSPS) is 11.3. The molecule has 1 aromatic carbocycles. The number of benzene rings is 1. The fraction of sp³-hybridized carbons (Fsp3) is 0.154. The van der Waals surface area contributed by atoms with Crippen molar-refractivity contribution in [3.05, 3.63) is 41.6 Å². The fourth-order valence-electron chi connectivity index (χ4n) is 1.83. The number of rotatable bonds is 3. The number of aryl methyl sites for hydroxylation is 1. The van der Waals surface area contributed by atoms with E-state index in [9.17, 15) is 4.79 Å². The van der Waals surface area contributed by atoms with Gasteiger partial charge in [0.05, 0.1) is 0 Å². The van der Waals surface area contributed by atoms with E-state index in [2.05, 4.69) is 18.0 Å². The number of aromatic amines is 1. The molecule has 2 aromatic rings. The van der Waals surface area contributed by atoms with Crippen LogP contribution in [0.25, 0.3) is 17.0 Å². The molecule has 0 aliphatic carbocycles. The van der Waals surface area contributed by atoms with Crippen molar-refractivity contribution in [2.24, 2.45) is 0 Å². The first-order valence-electron chi connectivity index (χ1n) is 5.22. The first-order chi connectivity index (χ1) is 7.72. The van der Waals surface area contributed by atoms with Gasteiger partial charge >= 0.3 is 5.97 Å². The van der Waals surface area contributed by atoms with E-state index in [1.165, 1.54) is 5.56 Å². The van der Waals surface area contributed by atoms with Crippen LogP contribution in [0.1, 0.15) is 18.1 Å². The molecule has 3 heteroatoms. The minimum Gasteiger partial charge on any atom is -0.478 e. The highest BCUT2D eigenvalue weighted by Crippen LogP contribution is 2.22. The highest BCUT2D eigenvalue weighted by atomic mass is 16.4. The van der Waals surface area contributed by atoms with Crippen LogP contribution in [0.3, 0.4) is 0 Å². The maximum absolute atomic E-state index is 10.5. The lowest BCUT2D eigenvalue weighted by atomic mass is 10.1. The molecule has 0 bridgehead atoms. The van der Waals surface area contributed by atoms with Gasteiger partial charge < -0.3 is 10.1 Å². The Morgan fingerprint density at radius 3 is 3.00 bits per heavy atom. The molecule has 82 valence electrons.